The molecule has 3 nitrogen and oxygen atoms in total. The van der Waals surface area contributed by atoms with E-state index in [-0.39, 0.29) is 28.9 Å². The number of amides is 1. The molecule has 0 saturated heterocycles. The summed E-state index contributed by atoms with van der Waals surface area (Å²) in [6, 6.07) is 4.41. The fourth-order valence-electron chi connectivity index (χ4n) is 1.26. The molecule has 0 bridgehead atoms. The van der Waals surface area contributed by atoms with Gasteiger partial charge < -0.3 is 10.2 Å². The minimum Gasteiger partial charge on any atom is -0.340 e. The van der Waals surface area contributed by atoms with Crippen molar-refractivity contribution < 1.29 is 9.18 Å². The molecule has 0 aliphatic rings. The van der Waals surface area contributed by atoms with Gasteiger partial charge in [0.05, 0.1) is 10.6 Å². The van der Waals surface area contributed by atoms with Crippen molar-refractivity contribution in [3.8, 4) is 0 Å². The zero-order valence-corrected chi connectivity index (χ0v) is 11.2. The Hall–Kier alpha value is -0.840. The van der Waals surface area contributed by atoms with Gasteiger partial charge in [-0.15, -0.1) is 12.4 Å². The van der Waals surface area contributed by atoms with Crippen LogP contribution in [0.1, 0.15) is 10.4 Å². The first-order valence-electron chi connectivity index (χ1n) is 4.92. The molecule has 1 rings (SSSR count). The van der Waals surface area contributed by atoms with Gasteiger partial charge in [-0.05, 0) is 19.2 Å². The van der Waals surface area contributed by atoms with E-state index in [0.717, 1.165) is 0 Å². The standard InChI is InChI=1S/C11H14ClFN2O.ClH/c1-14-6-7-15(2)11(16)8-4-3-5-9(12)10(8)13;/h3-5,14H,6-7H2,1-2H3;1H. The third kappa shape index (κ3) is 4.15. The third-order valence-corrected chi connectivity index (χ3v) is 2.52. The van der Waals surface area contributed by atoms with E-state index < -0.39 is 5.82 Å². The quantitative estimate of drug-likeness (QED) is 0.917. The number of halogens is 3. The van der Waals surface area contributed by atoms with E-state index in [0.29, 0.717) is 13.1 Å². The second-order valence-electron chi connectivity index (χ2n) is 3.43. The Morgan fingerprint density at radius 1 is 1.53 bits per heavy atom. The van der Waals surface area contributed by atoms with Crippen LogP contribution in [0.4, 0.5) is 4.39 Å². The van der Waals surface area contributed by atoms with Gasteiger partial charge in [-0.3, -0.25) is 4.79 Å². The summed E-state index contributed by atoms with van der Waals surface area (Å²) in [5.41, 5.74) is 0.00565. The fraction of sp³-hybridized carbons (Fsp3) is 0.364. The van der Waals surface area contributed by atoms with Gasteiger partial charge in [0.2, 0.25) is 0 Å². The first-order chi connectivity index (χ1) is 7.57. The summed E-state index contributed by atoms with van der Waals surface area (Å²) in [6.07, 6.45) is 0. The molecule has 0 radical (unpaired) electrons. The molecule has 0 aromatic heterocycles. The molecule has 1 aromatic carbocycles. The van der Waals surface area contributed by atoms with E-state index in [1.165, 1.54) is 17.0 Å². The molecule has 0 fully saturated rings. The summed E-state index contributed by atoms with van der Waals surface area (Å²) in [4.78, 5) is 13.3. The highest BCUT2D eigenvalue weighted by Crippen LogP contribution is 2.18. The first-order valence-corrected chi connectivity index (χ1v) is 5.29. The van der Waals surface area contributed by atoms with Gasteiger partial charge >= 0.3 is 0 Å². The zero-order valence-electron chi connectivity index (χ0n) is 9.67. The summed E-state index contributed by atoms with van der Waals surface area (Å²) in [5, 5.41) is 2.88. The number of hydrogen-bond acceptors (Lipinski definition) is 2. The summed E-state index contributed by atoms with van der Waals surface area (Å²) in [5.74, 6) is -1.03. The van der Waals surface area contributed by atoms with Crippen LogP contribution in [-0.2, 0) is 0 Å². The van der Waals surface area contributed by atoms with Crippen LogP contribution in [-0.4, -0.2) is 38.0 Å². The normalized spacial score (nSPS) is 9.65. The Balaban J connectivity index is 0.00000256. The molecule has 1 aromatic rings. The number of nitrogens with zero attached hydrogens (tertiary/aromatic N) is 1. The molecule has 1 amide bonds. The molecule has 0 aliphatic heterocycles. The number of carbonyl (C=O) groups excluding carboxylic acids is 1. The number of hydrogen-bond donors (Lipinski definition) is 1. The van der Waals surface area contributed by atoms with E-state index >= 15 is 0 Å². The van der Waals surface area contributed by atoms with Crippen molar-refractivity contribution in [2.45, 2.75) is 0 Å². The van der Waals surface area contributed by atoms with Gasteiger partial charge in [-0.25, -0.2) is 4.39 Å². The van der Waals surface area contributed by atoms with Gasteiger partial charge in [0, 0.05) is 20.1 Å². The van der Waals surface area contributed by atoms with Crippen LogP contribution in [0.25, 0.3) is 0 Å². The van der Waals surface area contributed by atoms with Crippen molar-refractivity contribution in [2.24, 2.45) is 0 Å². The number of carbonyl (C=O) groups is 1. The maximum atomic E-state index is 13.5. The topological polar surface area (TPSA) is 32.3 Å². The van der Waals surface area contributed by atoms with Crippen LogP contribution in [0.5, 0.6) is 0 Å². The maximum Gasteiger partial charge on any atom is 0.256 e. The average molecular weight is 281 g/mol. The second kappa shape index (κ2) is 7.48. The Kier molecular flexibility index (Phi) is 7.11. The van der Waals surface area contributed by atoms with Crippen molar-refractivity contribution in [3.05, 3.63) is 34.6 Å². The molecule has 17 heavy (non-hydrogen) atoms. The lowest BCUT2D eigenvalue weighted by atomic mass is 10.2. The SMILES string of the molecule is CNCCN(C)C(=O)c1cccc(Cl)c1F.Cl. The van der Waals surface area contributed by atoms with E-state index in [9.17, 15) is 9.18 Å². The van der Waals surface area contributed by atoms with Crippen LogP contribution in [0, 0.1) is 5.82 Å². The van der Waals surface area contributed by atoms with Crippen LogP contribution in [0.2, 0.25) is 5.02 Å². The number of nitrogens with one attached hydrogen (secondary N) is 1. The van der Waals surface area contributed by atoms with E-state index in [1.54, 1.807) is 20.2 Å². The molecular formula is C11H15Cl2FN2O. The lowest BCUT2D eigenvalue weighted by Gasteiger charge is -2.17. The largest absolute Gasteiger partial charge is 0.340 e. The molecular weight excluding hydrogens is 266 g/mol. The van der Waals surface area contributed by atoms with E-state index in [1.807, 2.05) is 0 Å². The lowest BCUT2D eigenvalue weighted by molar-refractivity contribution is 0.0792. The van der Waals surface area contributed by atoms with Crippen LogP contribution in [0.15, 0.2) is 18.2 Å². The molecule has 96 valence electrons. The van der Waals surface area contributed by atoms with Crippen LogP contribution in [0.3, 0.4) is 0 Å². The smallest absolute Gasteiger partial charge is 0.256 e. The van der Waals surface area contributed by atoms with E-state index in [2.05, 4.69) is 5.32 Å². The van der Waals surface area contributed by atoms with Crippen LogP contribution < -0.4 is 5.32 Å². The third-order valence-electron chi connectivity index (χ3n) is 2.23. The summed E-state index contributed by atoms with van der Waals surface area (Å²) in [6.45, 7) is 1.17. The number of rotatable bonds is 4. The van der Waals surface area contributed by atoms with Crippen molar-refractivity contribution >= 4 is 29.9 Å². The zero-order chi connectivity index (χ0) is 12.1. The molecule has 0 heterocycles. The maximum absolute atomic E-state index is 13.5. The van der Waals surface area contributed by atoms with E-state index in [4.69, 9.17) is 11.6 Å². The Morgan fingerprint density at radius 2 is 2.18 bits per heavy atom. The molecule has 0 unspecified atom stereocenters. The first kappa shape index (κ1) is 16.2. The predicted octanol–water partition coefficient (Wildman–Crippen LogP) is 2.19. The Morgan fingerprint density at radius 3 is 2.76 bits per heavy atom. The van der Waals surface area contributed by atoms with Gasteiger partial charge in [-0.1, -0.05) is 17.7 Å². The highest BCUT2D eigenvalue weighted by Gasteiger charge is 2.17. The summed E-state index contributed by atoms with van der Waals surface area (Å²) in [7, 11) is 3.41. The molecule has 0 aliphatic carbocycles. The number of benzene rings is 1. The molecule has 0 atom stereocenters. The van der Waals surface area contributed by atoms with Crippen molar-refractivity contribution in [1.82, 2.24) is 10.2 Å². The lowest BCUT2D eigenvalue weighted by Crippen LogP contribution is -2.33. The van der Waals surface area contributed by atoms with Crippen molar-refractivity contribution in [2.75, 3.05) is 27.2 Å². The molecule has 1 N–H and O–H groups in total. The monoisotopic (exact) mass is 280 g/mol. The molecule has 0 spiro atoms. The minimum atomic E-state index is -0.662. The predicted molar refractivity (Wildman–Crippen MR) is 69.5 cm³/mol. The molecule has 0 saturated carbocycles. The van der Waals surface area contributed by atoms with Gasteiger partial charge in [0.25, 0.3) is 5.91 Å². The summed E-state index contributed by atoms with van der Waals surface area (Å²) < 4.78 is 13.5. The number of likely N-dealkylation sites (N-methyl/N-ethyl adjacent to an activating group) is 2. The van der Waals surface area contributed by atoms with Crippen molar-refractivity contribution in [1.29, 1.82) is 0 Å². The Labute approximate surface area is 111 Å². The van der Waals surface area contributed by atoms with Gasteiger partial charge in [0.1, 0.15) is 0 Å². The molecule has 6 heteroatoms. The van der Waals surface area contributed by atoms with Gasteiger partial charge in [0.15, 0.2) is 5.82 Å². The average Bonchev–Trinajstić information content (AvgIpc) is 2.28. The van der Waals surface area contributed by atoms with Crippen molar-refractivity contribution in [3.63, 3.8) is 0 Å². The minimum absolute atomic E-state index is 0. The van der Waals surface area contributed by atoms with Crippen LogP contribution >= 0.6 is 24.0 Å². The summed E-state index contributed by atoms with van der Waals surface area (Å²) >= 11 is 5.61. The second-order valence-corrected chi connectivity index (χ2v) is 3.84. The Bertz CT molecular complexity index is 388. The van der Waals surface area contributed by atoms with Gasteiger partial charge in [-0.2, -0.15) is 0 Å². The fourth-order valence-corrected chi connectivity index (χ4v) is 1.43. The highest BCUT2D eigenvalue weighted by molar-refractivity contribution is 6.31. The highest BCUT2D eigenvalue weighted by atomic mass is 35.5.